The predicted octanol–water partition coefficient (Wildman–Crippen LogP) is 2.46. The van der Waals surface area contributed by atoms with Crippen molar-refractivity contribution in [2.45, 2.75) is 25.7 Å². The van der Waals surface area contributed by atoms with Crippen molar-refractivity contribution in [1.82, 2.24) is 4.90 Å². The summed E-state index contributed by atoms with van der Waals surface area (Å²) in [5.41, 5.74) is 0.0950. The smallest absolute Gasteiger partial charge is 0.237 e. The average molecular weight is 308 g/mol. The molecule has 1 aliphatic heterocycles. The van der Waals surface area contributed by atoms with Crippen LogP contribution >= 0.6 is 0 Å². The molecule has 1 amide bonds. The molecular formula is C19H20N2O2. The second-order valence-corrected chi connectivity index (χ2v) is 6.34. The maximum atomic E-state index is 13.3. The van der Waals surface area contributed by atoms with Crippen LogP contribution in [0, 0.1) is 23.2 Å². The number of hydrogen-bond acceptors (Lipinski definition) is 3. The topological polar surface area (TPSA) is 61.2 Å². The Kier molecular flexibility index (Phi) is 3.81. The predicted molar refractivity (Wildman–Crippen MR) is 86.3 cm³/mol. The lowest BCUT2D eigenvalue weighted by molar-refractivity contribution is -0.144. The maximum absolute atomic E-state index is 13.3. The molecule has 1 heterocycles. The summed E-state index contributed by atoms with van der Waals surface area (Å²) >= 11 is 0. The Morgan fingerprint density at radius 3 is 2.61 bits per heavy atom. The standard InChI is InChI=1S/C19H20N2O2/c1-3-21-10-9-16-13(2)17(22)14(12-20)11-19(16,18(21)23)15-7-5-4-6-8-15/h4-8,11,13,16H,3,9-10H2,1-2H3/t13-,16-,19+/m1/s1. The average Bonchev–Trinajstić information content (AvgIpc) is 2.59. The van der Waals surface area contributed by atoms with E-state index in [1.165, 1.54) is 0 Å². The molecule has 1 aliphatic carbocycles. The molecule has 118 valence electrons. The SMILES string of the molecule is CCN1CC[C@@H]2[C@@H](C)C(=O)C(C#N)=C[C@@]2(c2ccccc2)C1=O. The Bertz CT molecular complexity index is 717. The Morgan fingerprint density at radius 1 is 1.30 bits per heavy atom. The highest BCUT2D eigenvalue weighted by Crippen LogP contribution is 2.48. The van der Waals surface area contributed by atoms with E-state index in [2.05, 4.69) is 0 Å². The number of allylic oxidation sites excluding steroid dienone is 1. The number of likely N-dealkylation sites (tertiary alicyclic amines) is 1. The minimum absolute atomic E-state index is 0.00884. The van der Waals surface area contributed by atoms with Crippen LogP contribution in [0.25, 0.3) is 0 Å². The molecule has 3 rings (SSSR count). The van der Waals surface area contributed by atoms with Gasteiger partial charge in [-0.05, 0) is 30.9 Å². The molecule has 1 aromatic carbocycles. The Labute approximate surface area is 136 Å². The van der Waals surface area contributed by atoms with E-state index in [4.69, 9.17) is 0 Å². The second kappa shape index (κ2) is 5.66. The monoisotopic (exact) mass is 308 g/mol. The zero-order valence-electron chi connectivity index (χ0n) is 13.5. The van der Waals surface area contributed by atoms with Crippen molar-refractivity contribution < 1.29 is 9.59 Å². The van der Waals surface area contributed by atoms with Gasteiger partial charge in [0.05, 0.1) is 11.0 Å². The van der Waals surface area contributed by atoms with Gasteiger partial charge in [-0.3, -0.25) is 9.59 Å². The number of fused-ring (bicyclic) bond motifs is 1. The van der Waals surface area contributed by atoms with Gasteiger partial charge in [-0.15, -0.1) is 0 Å². The number of piperidine rings is 1. The molecule has 0 unspecified atom stereocenters. The van der Waals surface area contributed by atoms with E-state index in [0.717, 1.165) is 12.0 Å². The summed E-state index contributed by atoms with van der Waals surface area (Å²) in [6.45, 7) is 5.12. The number of Topliss-reactive ketones (excluding diaryl/α,β-unsaturated/α-hetero) is 1. The normalized spacial score (nSPS) is 30.5. The third-order valence-electron chi connectivity index (χ3n) is 5.34. The van der Waals surface area contributed by atoms with E-state index in [0.29, 0.717) is 13.1 Å². The Balaban J connectivity index is 2.28. The first-order chi connectivity index (χ1) is 11.1. The van der Waals surface area contributed by atoms with Crippen molar-refractivity contribution >= 4 is 11.7 Å². The van der Waals surface area contributed by atoms with E-state index in [-0.39, 0.29) is 29.1 Å². The number of nitrogens with zero attached hydrogens (tertiary/aromatic N) is 2. The molecule has 23 heavy (non-hydrogen) atoms. The minimum atomic E-state index is -0.895. The van der Waals surface area contributed by atoms with Crippen molar-refractivity contribution in [3.63, 3.8) is 0 Å². The summed E-state index contributed by atoms with van der Waals surface area (Å²) in [6.07, 6.45) is 2.41. The molecule has 1 saturated heterocycles. The van der Waals surface area contributed by atoms with E-state index in [9.17, 15) is 14.9 Å². The van der Waals surface area contributed by atoms with Crippen LogP contribution in [0.2, 0.25) is 0 Å². The highest BCUT2D eigenvalue weighted by atomic mass is 16.2. The van der Waals surface area contributed by atoms with Crippen LogP contribution < -0.4 is 0 Å². The van der Waals surface area contributed by atoms with Crippen molar-refractivity contribution in [2.75, 3.05) is 13.1 Å². The van der Waals surface area contributed by atoms with Crippen LogP contribution in [-0.4, -0.2) is 29.7 Å². The summed E-state index contributed by atoms with van der Waals surface area (Å²) in [5, 5.41) is 9.38. The first-order valence-electron chi connectivity index (χ1n) is 8.08. The molecule has 0 radical (unpaired) electrons. The van der Waals surface area contributed by atoms with Crippen LogP contribution in [-0.2, 0) is 15.0 Å². The fraction of sp³-hybridized carbons (Fsp3) is 0.421. The summed E-state index contributed by atoms with van der Waals surface area (Å²) in [5.74, 6) is -0.543. The first-order valence-corrected chi connectivity index (χ1v) is 8.08. The maximum Gasteiger partial charge on any atom is 0.237 e. The van der Waals surface area contributed by atoms with Crippen molar-refractivity contribution in [2.24, 2.45) is 11.8 Å². The van der Waals surface area contributed by atoms with Gasteiger partial charge in [0.25, 0.3) is 0 Å². The van der Waals surface area contributed by atoms with Gasteiger partial charge in [-0.25, -0.2) is 0 Å². The van der Waals surface area contributed by atoms with Gasteiger partial charge >= 0.3 is 0 Å². The number of hydrogen-bond donors (Lipinski definition) is 0. The number of carbonyl (C=O) groups is 2. The van der Waals surface area contributed by atoms with E-state index >= 15 is 0 Å². The Hall–Kier alpha value is -2.41. The van der Waals surface area contributed by atoms with Gasteiger partial charge in [0, 0.05) is 19.0 Å². The molecule has 1 fully saturated rings. The van der Waals surface area contributed by atoms with Crippen molar-refractivity contribution in [1.29, 1.82) is 5.26 Å². The Morgan fingerprint density at radius 2 is 2.00 bits per heavy atom. The van der Waals surface area contributed by atoms with Crippen molar-refractivity contribution in [3.8, 4) is 6.07 Å². The zero-order valence-corrected chi connectivity index (χ0v) is 13.5. The van der Waals surface area contributed by atoms with Gasteiger partial charge in [-0.1, -0.05) is 37.3 Å². The van der Waals surface area contributed by atoms with Gasteiger partial charge in [0.1, 0.15) is 6.07 Å². The minimum Gasteiger partial charge on any atom is -0.342 e. The van der Waals surface area contributed by atoms with Gasteiger partial charge in [0.2, 0.25) is 5.91 Å². The zero-order chi connectivity index (χ0) is 16.6. The second-order valence-electron chi connectivity index (χ2n) is 6.34. The van der Waals surface area contributed by atoms with Crippen LogP contribution in [0.15, 0.2) is 42.0 Å². The third kappa shape index (κ3) is 2.11. The number of carbonyl (C=O) groups excluding carboxylic acids is 2. The van der Waals surface area contributed by atoms with Crippen LogP contribution in [0.1, 0.15) is 25.8 Å². The number of ketones is 1. The van der Waals surface area contributed by atoms with Gasteiger partial charge in [0.15, 0.2) is 5.78 Å². The lowest BCUT2D eigenvalue weighted by atomic mass is 9.57. The van der Waals surface area contributed by atoms with Crippen LogP contribution in [0.4, 0.5) is 0 Å². The molecular weight excluding hydrogens is 288 g/mol. The number of likely N-dealkylation sites (N-methyl/N-ethyl adjacent to an activating group) is 1. The van der Waals surface area contributed by atoms with E-state index < -0.39 is 5.41 Å². The third-order valence-corrected chi connectivity index (χ3v) is 5.34. The highest BCUT2D eigenvalue weighted by Gasteiger charge is 2.56. The van der Waals surface area contributed by atoms with Crippen LogP contribution in [0.5, 0.6) is 0 Å². The summed E-state index contributed by atoms with van der Waals surface area (Å²) in [6, 6.07) is 11.6. The first kappa shape index (κ1) is 15.5. The summed E-state index contributed by atoms with van der Waals surface area (Å²) < 4.78 is 0. The quantitative estimate of drug-likeness (QED) is 0.843. The molecule has 3 atom stereocenters. The van der Waals surface area contributed by atoms with E-state index in [1.807, 2.05) is 55.1 Å². The fourth-order valence-corrected chi connectivity index (χ4v) is 4.11. The highest BCUT2D eigenvalue weighted by molar-refractivity contribution is 6.06. The molecule has 4 nitrogen and oxygen atoms in total. The lowest BCUT2D eigenvalue weighted by Crippen LogP contribution is -2.59. The summed E-state index contributed by atoms with van der Waals surface area (Å²) in [4.78, 5) is 27.5. The molecule has 0 saturated carbocycles. The molecule has 0 bridgehead atoms. The molecule has 0 spiro atoms. The summed E-state index contributed by atoms with van der Waals surface area (Å²) in [7, 11) is 0. The van der Waals surface area contributed by atoms with Gasteiger partial charge < -0.3 is 4.90 Å². The molecule has 2 aliphatic rings. The lowest BCUT2D eigenvalue weighted by Gasteiger charge is -2.49. The number of benzene rings is 1. The molecule has 0 N–H and O–H groups in total. The number of rotatable bonds is 2. The molecule has 0 aromatic heterocycles. The molecule has 4 heteroatoms. The van der Waals surface area contributed by atoms with Crippen LogP contribution in [0.3, 0.4) is 0 Å². The van der Waals surface area contributed by atoms with E-state index in [1.54, 1.807) is 6.08 Å². The van der Waals surface area contributed by atoms with Gasteiger partial charge in [-0.2, -0.15) is 5.26 Å². The number of amides is 1. The number of nitriles is 1. The fourth-order valence-electron chi connectivity index (χ4n) is 4.11. The van der Waals surface area contributed by atoms with Crippen molar-refractivity contribution in [3.05, 3.63) is 47.5 Å². The largest absolute Gasteiger partial charge is 0.342 e. The molecule has 1 aromatic rings.